The predicted molar refractivity (Wildman–Crippen MR) is 88.6 cm³/mol. The number of nitrogens with zero attached hydrogens (tertiary/aromatic N) is 3. The molecule has 0 aliphatic heterocycles. The van der Waals surface area contributed by atoms with Crippen molar-refractivity contribution in [3.05, 3.63) is 53.1 Å². The molecule has 2 rings (SSSR count). The summed E-state index contributed by atoms with van der Waals surface area (Å²) in [6, 6.07) is 14.4. The third-order valence-electron chi connectivity index (χ3n) is 3.31. The number of benzene rings is 1. The highest BCUT2D eigenvalue weighted by atomic mass is 79.9. The molecule has 0 fully saturated rings. The summed E-state index contributed by atoms with van der Waals surface area (Å²) in [5.41, 5.74) is 1.16. The molecule has 0 aliphatic carbocycles. The third kappa shape index (κ3) is 4.05. The minimum absolute atomic E-state index is 0.920. The molecule has 0 bridgehead atoms. The summed E-state index contributed by atoms with van der Waals surface area (Å²) in [6.07, 6.45) is 1.84. The summed E-state index contributed by atoms with van der Waals surface area (Å²) in [6.45, 7) is 5.15. The van der Waals surface area contributed by atoms with Crippen LogP contribution in [0.4, 0.5) is 11.5 Å². The van der Waals surface area contributed by atoms with E-state index in [2.05, 4.69) is 69.0 Å². The quantitative estimate of drug-likeness (QED) is 0.798. The zero-order valence-corrected chi connectivity index (χ0v) is 13.5. The van der Waals surface area contributed by atoms with Crippen molar-refractivity contribution in [2.24, 2.45) is 0 Å². The molecule has 0 atom stereocenters. The predicted octanol–water partition coefficient (Wildman–Crippen LogP) is 3.93. The van der Waals surface area contributed by atoms with E-state index in [9.17, 15) is 0 Å². The van der Waals surface area contributed by atoms with Crippen molar-refractivity contribution in [2.75, 3.05) is 31.6 Å². The second-order valence-electron chi connectivity index (χ2n) is 4.71. The van der Waals surface area contributed by atoms with E-state index in [1.54, 1.807) is 0 Å². The lowest BCUT2D eigenvalue weighted by Crippen LogP contribution is -2.30. The lowest BCUT2D eigenvalue weighted by Gasteiger charge is -2.26. The zero-order chi connectivity index (χ0) is 14.4. The molecule has 0 radical (unpaired) electrons. The molecule has 0 saturated heterocycles. The number of rotatable bonds is 6. The van der Waals surface area contributed by atoms with Crippen molar-refractivity contribution in [3.63, 3.8) is 0 Å². The van der Waals surface area contributed by atoms with Crippen LogP contribution in [0, 0.1) is 0 Å². The summed E-state index contributed by atoms with van der Waals surface area (Å²) >= 11 is 3.48. The topological polar surface area (TPSA) is 19.4 Å². The number of aromatic nitrogens is 1. The number of likely N-dealkylation sites (N-methyl/N-ethyl adjacent to an activating group) is 1. The maximum atomic E-state index is 4.48. The highest BCUT2D eigenvalue weighted by molar-refractivity contribution is 9.10. The minimum atomic E-state index is 0.920. The summed E-state index contributed by atoms with van der Waals surface area (Å²) < 4.78 is 1.09. The van der Waals surface area contributed by atoms with Gasteiger partial charge in [0.1, 0.15) is 5.82 Å². The number of anilines is 2. The number of halogens is 1. The van der Waals surface area contributed by atoms with Crippen molar-refractivity contribution in [2.45, 2.75) is 6.92 Å². The Kier molecular flexibility index (Phi) is 5.56. The molecular weight excluding hydrogens is 314 g/mol. The van der Waals surface area contributed by atoms with E-state index >= 15 is 0 Å². The van der Waals surface area contributed by atoms with E-state index in [0.29, 0.717) is 0 Å². The molecule has 4 heteroatoms. The zero-order valence-electron chi connectivity index (χ0n) is 12.0. The standard InChI is InChI=1S/C16H20BrN3/c1-3-19(2)12-13-20(16-6-4-5-11-18-16)15-9-7-14(17)8-10-15/h4-11H,3,12-13H2,1-2H3. The largest absolute Gasteiger partial charge is 0.325 e. The van der Waals surface area contributed by atoms with Crippen molar-refractivity contribution >= 4 is 27.4 Å². The van der Waals surface area contributed by atoms with E-state index in [4.69, 9.17) is 0 Å². The number of hydrogen-bond acceptors (Lipinski definition) is 3. The molecule has 0 unspecified atom stereocenters. The van der Waals surface area contributed by atoms with Gasteiger partial charge in [0, 0.05) is 29.4 Å². The third-order valence-corrected chi connectivity index (χ3v) is 3.84. The summed E-state index contributed by atoms with van der Waals surface area (Å²) in [5, 5.41) is 0. The smallest absolute Gasteiger partial charge is 0.132 e. The van der Waals surface area contributed by atoms with Crippen molar-refractivity contribution in [1.82, 2.24) is 9.88 Å². The lowest BCUT2D eigenvalue weighted by molar-refractivity contribution is 0.362. The van der Waals surface area contributed by atoms with E-state index < -0.39 is 0 Å². The van der Waals surface area contributed by atoms with Crippen LogP contribution >= 0.6 is 15.9 Å². The molecule has 20 heavy (non-hydrogen) atoms. The normalized spacial score (nSPS) is 10.8. The number of hydrogen-bond donors (Lipinski definition) is 0. The summed E-state index contributed by atoms with van der Waals surface area (Å²) in [5.74, 6) is 0.985. The average molecular weight is 334 g/mol. The van der Waals surface area contributed by atoms with Crippen molar-refractivity contribution in [3.8, 4) is 0 Å². The molecule has 3 nitrogen and oxygen atoms in total. The Morgan fingerprint density at radius 2 is 1.80 bits per heavy atom. The first-order valence-electron chi connectivity index (χ1n) is 6.83. The number of pyridine rings is 1. The average Bonchev–Trinajstić information content (AvgIpc) is 2.50. The van der Waals surface area contributed by atoms with Crippen LogP contribution < -0.4 is 4.90 Å². The highest BCUT2D eigenvalue weighted by Gasteiger charge is 2.10. The van der Waals surface area contributed by atoms with Gasteiger partial charge in [-0.05, 0) is 50.0 Å². The fraction of sp³-hybridized carbons (Fsp3) is 0.312. The Hall–Kier alpha value is -1.39. The van der Waals surface area contributed by atoms with Crippen molar-refractivity contribution in [1.29, 1.82) is 0 Å². The fourth-order valence-corrected chi connectivity index (χ4v) is 2.20. The van der Waals surface area contributed by atoms with Gasteiger partial charge in [-0.1, -0.05) is 28.9 Å². The summed E-state index contributed by atoms with van der Waals surface area (Å²) in [4.78, 5) is 9.03. The van der Waals surface area contributed by atoms with Gasteiger partial charge in [-0.15, -0.1) is 0 Å². The molecule has 0 saturated carbocycles. The van der Waals surface area contributed by atoms with Gasteiger partial charge in [-0.3, -0.25) is 0 Å². The van der Waals surface area contributed by atoms with Crippen LogP contribution in [0.3, 0.4) is 0 Å². The van der Waals surface area contributed by atoms with Gasteiger partial charge in [0.25, 0.3) is 0 Å². The maximum absolute atomic E-state index is 4.48. The Morgan fingerprint density at radius 1 is 1.05 bits per heavy atom. The van der Waals surface area contributed by atoms with Gasteiger partial charge in [0.15, 0.2) is 0 Å². The molecule has 1 heterocycles. The van der Waals surface area contributed by atoms with E-state index in [-0.39, 0.29) is 0 Å². The van der Waals surface area contributed by atoms with E-state index in [1.165, 1.54) is 0 Å². The first-order chi connectivity index (χ1) is 9.70. The van der Waals surface area contributed by atoms with Crippen molar-refractivity contribution < 1.29 is 0 Å². The SMILES string of the molecule is CCN(C)CCN(c1ccc(Br)cc1)c1ccccn1. The van der Waals surface area contributed by atoms with Gasteiger partial charge >= 0.3 is 0 Å². The van der Waals surface area contributed by atoms with Gasteiger partial charge in [-0.2, -0.15) is 0 Å². The van der Waals surface area contributed by atoms with Crippen LogP contribution in [-0.4, -0.2) is 36.6 Å². The molecular formula is C16H20BrN3. The molecule has 1 aromatic heterocycles. The van der Waals surface area contributed by atoms with Crippen LogP contribution in [0.2, 0.25) is 0 Å². The van der Waals surface area contributed by atoms with Crippen LogP contribution in [-0.2, 0) is 0 Å². The first kappa shape index (κ1) is 15.0. The minimum Gasteiger partial charge on any atom is -0.325 e. The molecule has 0 amide bonds. The second kappa shape index (κ2) is 7.41. The monoisotopic (exact) mass is 333 g/mol. The van der Waals surface area contributed by atoms with Crippen LogP contribution in [0.25, 0.3) is 0 Å². The van der Waals surface area contributed by atoms with Crippen LogP contribution in [0.1, 0.15) is 6.92 Å². The van der Waals surface area contributed by atoms with Gasteiger partial charge in [0.2, 0.25) is 0 Å². The first-order valence-corrected chi connectivity index (χ1v) is 7.62. The Morgan fingerprint density at radius 3 is 2.40 bits per heavy atom. The molecule has 106 valence electrons. The fourth-order valence-electron chi connectivity index (χ4n) is 1.94. The van der Waals surface area contributed by atoms with Crippen LogP contribution in [0.5, 0.6) is 0 Å². The highest BCUT2D eigenvalue weighted by Crippen LogP contribution is 2.24. The maximum Gasteiger partial charge on any atom is 0.132 e. The van der Waals surface area contributed by atoms with Gasteiger partial charge in [0.05, 0.1) is 0 Å². The van der Waals surface area contributed by atoms with Gasteiger partial charge < -0.3 is 9.80 Å². The molecule has 0 aliphatic rings. The van der Waals surface area contributed by atoms with Crippen LogP contribution in [0.15, 0.2) is 53.1 Å². The molecule has 0 spiro atoms. The lowest BCUT2D eigenvalue weighted by atomic mass is 10.2. The molecule has 0 N–H and O–H groups in total. The molecule has 2 aromatic rings. The Bertz CT molecular complexity index is 513. The van der Waals surface area contributed by atoms with Gasteiger partial charge in [-0.25, -0.2) is 4.98 Å². The molecule has 1 aromatic carbocycles. The van der Waals surface area contributed by atoms with E-state index in [1.807, 2.05) is 24.4 Å². The Labute approximate surface area is 129 Å². The summed E-state index contributed by atoms with van der Waals surface area (Å²) in [7, 11) is 2.14. The Balaban J connectivity index is 2.22. The second-order valence-corrected chi connectivity index (χ2v) is 5.63. The van der Waals surface area contributed by atoms with E-state index in [0.717, 1.165) is 35.6 Å².